The van der Waals surface area contributed by atoms with E-state index < -0.39 is 5.97 Å². The normalized spacial score (nSPS) is 16.7. The van der Waals surface area contributed by atoms with Crippen molar-refractivity contribution in [3.63, 3.8) is 0 Å². The standard InChI is InChI=1S/C12H10N2O2S/c15-10(16)9-13-14-11(17-9)12(6-7-12)8-4-2-1-3-5-8/h1-5H,6-7H2,(H,15,16). The lowest BCUT2D eigenvalue weighted by molar-refractivity contribution is 0.0695. The van der Waals surface area contributed by atoms with Crippen LogP contribution in [0.1, 0.15) is 33.2 Å². The van der Waals surface area contributed by atoms with Crippen LogP contribution in [0, 0.1) is 0 Å². The van der Waals surface area contributed by atoms with Crippen molar-refractivity contribution in [2.45, 2.75) is 18.3 Å². The highest BCUT2D eigenvalue weighted by Gasteiger charge is 2.49. The van der Waals surface area contributed by atoms with E-state index in [4.69, 9.17) is 5.11 Å². The van der Waals surface area contributed by atoms with E-state index in [-0.39, 0.29) is 10.4 Å². The molecular weight excluding hydrogens is 236 g/mol. The lowest BCUT2D eigenvalue weighted by Crippen LogP contribution is -2.07. The fourth-order valence-corrected chi connectivity index (χ4v) is 2.96. The molecule has 1 saturated carbocycles. The molecule has 0 spiro atoms. The minimum Gasteiger partial charge on any atom is -0.476 e. The van der Waals surface area contributed by atoms with Gasteiger partial charge in [-0.2, -0.15) is 0 Å². The predicted octanol–water partition coefficient (Wildman–Crippen LogP) is 2.32. The Morgan fingerprint density at radius 2 is 1.94 bits per heavy atom. The van der Waals surface area contributed by atoms with Crippen molar-refractivity contribution in [3.8, 4) is 0 Å². The van der Waals surface area contributed by atoms with Crippen molar-refractivity contribution < 1.29 is 9.90 Å². The summed E-state index contributed by atoms with van der Waals surface area (Å²) < 4.78 is 0. The van der Waals surface area contributed by atoms with Crippen molar-refractivity contribution in [1.29, 1.82) is 0 Å². The first-order chi connectivity index (χ1) is 8.22. The summed E-state index contributed by atoms with van der Waals surface area (Å²) in [6.45, 7) is 0. The molecule has 0 bridgehead atoms. The molecule has 0 aliphatic heterocycles. The second-order valence-electron chi connectivity index (χ2n) is 4.17. The van der Waals surface area contributed by atoms with E-state index in [9.17, 15) is 4.79 Å². The van der Waals surface area contributed by atoms with Crippen LogP contribution in [0.25, 0.3) is 0 Å². The molecule has 1 aliphatic rings. The van der Waals surface area contributed by atoms with Gasteiger partial charge in [0, 0.05) is 5.41 Å². The van der Waals surface area contributed by atoms with Crippen LogP contribution in [0.15, 0.2) is 30.3 Å². The second-order valence-corrected chi connectivity index (χ2v) is 5.14. The molecule has 1 N–H and O–H groups in total. The molecule has 4 nitrogen and oxygen atoms in total. The summed E-state index contributed by atoms with van der Waals surface area (Å²) in [4.78, 5) is 10.8. The topological polar surface area (TPSA) is 63.1 Å². The van der Waals surface area contributed by atoms with Gasteiger partial charge in [0.15, 0.2) is 0 Å². The van der Waals surface area contributed by atoms with Crippen LogP contribution in [0.3, 0.4) is 0 Å². The number of hydrogen-bond acceptors (Lipinski definition) is 4. The Morgan fingerprint density at radius 3 is 2.47 bits per heavy atom. The average Bonchev–Trinajstić information content (AvgIpc) is 3.00. The van der Waals surface area contributed by atoms with Gasteiger partial charge in [-0.15, -0.1) is 10.2 Å². The first-order valence-electron chi connectivity index (χ1n) is 5.35. The zero-order valence-corrected chi connectivity index (χ0v) is 9.78. The van der Waals surface area contributed by atoms with E-state index in [1.54, 1.807) is 0 Å². The number of rotatable bonds is 3. The quantitative estimate of drug-likeness (QED) is 0.902. The first kappa shape index (κ1) is 10.4. The number of nitrogens with zero attached hydrogens (tertiary/aromatic N) is 2. The van der Waals surface area contributed by atoms with Crippen LogP contribution < -0.4 is 0 Å². The van der Waals surface area contributed by atoms with Gasteiger partial charge in [0.1, 0.15) is 5.01 Å². The summed E-state index contributed by atoms with van der Waals surface area (Å²) in [7, 11) is 0. The molecule has 17 heavy (non-hydrogen) atoms. The van der Waals surface area contributed by atoms with Crippen LogP contribution >= 0.6 is 11.3 Å². The highest BCUT2D eigenvalue weighted by atomic mass is 32.1. The van der Waals surface area contributed by atoms with Crippen LogP contribution in [-0.2, 0) is 5.41 Å². The van der Waals surface area contributed by atoms with Crippen molar-refractivity contribution in [2.24, 2.45) is 0 Å². The molecule has 1 heterocycles. The van der Waals surface area contributed by atoms with Gasteiger partial charge in [0.05, 0.1) is 0 Å². The average molecular weight is 246 g/mol. The van der Waals surface area contributed by atoms with Crippen LogP contribution in [-0.4, -0.2) is 21.3 Å². The monoisotopic (exact) mass is 246 g/mol. The van der Waals surface area contributed by atoms with Crippen LogP contribution in [0.4, 0.5) is 0 Å². The van der Waals surface area contributed by atoms with E-state index in [2.05, 4.69) is 22.3 Å². The number of aromatic nitrogens is 2. The van der Waals surface area contributed by atoms with Crippen molar-refractivity contribution in [2.75, 3.05) is 0 Å². The summed E-state index contributed by atoms with van der Waals surface area (Å²) in [5, 5.41) is 17.5. The van der Waals surface area contributed by atoms with Gasteiger partial charge in [-0.05, 0) is 18.4 Å². The Hall–Kier alpha value is -1.75. The lowest BCUT2D eigenvalue weighted by Gasteiger charge is -2.10. The van der Waals surface area contributed by atoms with Crippen molar-refractivity contribution in [3.05, 3.63) is 45.9 Å². The molecule has 0 amide bonds. The van der Waals surface area contributed by atoms with E-state index in [0.29, 0.717) is 0 Å². The Morgan fingerprint density at radius 1 is 1.24 bits per heavy atom. The zero-order valence-electron chi connectivity index (χ0n) is 8.96. The summed E-state index contributed by atoms with van der Waals surface area (Å²) >= 11 is 1.18. The van der Waals surface area contributed by atoms with E-state index in [1.807, 2.05) is 18.2 Å². The maximum absolute atomic E-state index is 10.8. The molecule has 3 rings (SSSR count). The maximum atomic E-state index is 10.8. The van der Waals surface area contributed by atoms with Gasteiger partial charge in [0.25, 0.3) is 0 Å². The molecule has 86 valence electrons. The van der Waals surface area contributed by atoms with Crippen LogP contribution in [0.2, 0.25) is 0 Å². The van der Waals surface area contributed by atoms with E-state index in [1.165, 1.54) is 16.9 Å². The third-order valence-electron chi connectivity index (χ3n) is 3.09. The SMILES string of the molecule is O=C(O)c1nnc(C2(c3ccccc3)CC2)s1. The minimum absolute atomic E-state index is 0.0715. The molecule has 1 aromatic carbocycles. The number of hydrogen-bond donors (Lipinski definition) is 1. The number of carboxylic acids is 1. The molecule has 2 aromatic rings. The molecule has 0 radical (unpaired) electrons. The van der Waals surface area contributed by atoms with Crippen LogP contribution in [0.5, 0.6) is 0 Å². The first-order valence-corrected chi connectivity index (χ1v) is 6.17. The Labute approximate surface area is 102 Å². The number of carbonyl (C=O) groups is 1. The largest absolute Gasteiger partial charge is 0.476 e. The van der Waals surface area contributed by atoms with E-state index >= 15 is 0 Å². The lowest BCUT2D eigenvalue weighted by atomic mass is 9.97. The van der Waals surface area contributed by atoms with E-state index in [0.717, 1.165) is 17.8 Å². The van der Waals surface area contributed by atoms with Gasteiger partial charge in [-0.25, -0.2) is 4.79 Å². The molecule has 0 unspecified atom stereocenters. The summed E-state index contributed by atoms with van der Waals surface area (Å²) in [5.74, 6) is -1.00. The maximum Gasteiger partial charge on any atom is 0.367 e. The molecular formula is C12H10N2O2S. The van der Waals surface area contributed by atoms with Gasteiger partial charge >= 0.3 is 5.97 Å². The van der Waals surface area contributed by atoms with Gasteiger partial charge in [-0.3, -0.25) is 0 Å². The number of carboxylic acid groups (broad SMARTS) is 1. The zero-order chi connectivity index (χ0) is 11.9. The Balaban J connectivity index is 2.01. The Kier molecular flexibility index (Phi) is 2.22. The fourth-order valence-electron chi connectivity index (χ4n) is 2.01. The molecule has 0 atom stereocenters. The Bertz CT molecular complexity index is 561. The minimum atomic E-state index is -1.00. The smallest absolute Gasteiger partial charge is 0.367 e. The highest BCUT2D eigenvalue weighted by molar-refractivity contribution is 7.13. The summed E-state index contributed by atoms with van der Waals surface area (Å²) in [6, 6.07) is 10.1. The molecule has 1 fully saturated rings. The van der Waals surface area contributed by atoms with Gasteiger partial charge in [-0.1, -0.05) is 41.7 Å². The molecule has 1 aromatic heterocycles. The number of benzene rings is 1. The van der Waals surface area contributed by atoms with Gasteiger partial charge in [0.2, 0.25) is 5.01 Å². The molecule has 0 saturated heterocycles. The highest BCUT2D eigenvalue weighted by Crippen LogP contribution is 2.54. The third-order valence-corrected chi connectivity index (χ3v) is 4.21. The van der Waals surface area contributed by atoms with Gasteiger partial charge < -0.3 is 5.11 Å². The second kappa shape index (κ2) is 3.63. The number of aromatic carboxylic acids is 1. The summed E-state index contributed by atoms with van der Waals surface area (Å²) in [6.07, 6.45) is 2.04. The van der Waals surface area contributed by atoms with Crippen molar-refractivity contribution in [1.82, 2.24) is 10.2 Å². The van der Waals surface area contributed by atoms with Crippen molar-refractivity contribution >= 4 is 17.3 Å². The third kappa shape index (κ3) is 1.63. The predicted molar refractivity (Wildman–Crippen MR) is 63.3 cm³/mol. The fraction of sp³-hybridized carbons (Fsp3) is 0.250. The molecule has 1 aliphatic carbocycles. The summed E-state index contributed by atoms with van der Waals surface area (Å²) in [5.41, 5.74) is 1.13. The molecule has 5 heteroatoms.